The summed E-state index contributed by atoms with van der Waals surface area (Å²) < 4.78 is 10.0. The van der Waals surface area contributed by atoms with Crippen LogP contribution >= 0.6 is 12.6 Å². The zero-order valence-electron chi connectivity index (χ0n) is 8.77. The molecule has 0 spiro atoms. The Morgan fingerprint density at radius 1 is 1.53 bits per heavy atom. The van der Waals surface area contributed by atoms with Crippen molar-refractivity contribution in [1.82, 2.24) is 0 Å². The first-order valence-electron chi connectivity index (χ1n) is 4.62. The van der Waals surface area contributed by atoms with Crippen LogP contribution in [0.4, 0.5) is 0 Å². The molecular formula is C11H14O3S. The Hall–Kier alpha value is -1.00. The van der Waals surface area contributed by atoms with Gasteiger partial charge in [-0.05, 0) is 25.1 Å². The van der Waals surface area contributed by atoms with E-state index in [0.717, 1.165) is 4.90 Å². The van der Waals surface area contributed by atoms with Crippen LogP contribution < -0.4 is 0 Å². The van der Waals surface area contributed by atoms with Crippen LogP contribution in [-0.2, 0) is 9.47 Å². The summed E-state index contributed by atoms with van der Waals surface area (Å²) in [4.78, 5) is 12.3. The summed E-state index contributed by atoms with van der Waals surface area (Å²) in [7, 11) is 1.57. The number of carbonyl (C=O) groups is 1. The van der Waals surface area contributed by atoms with E-state index in [1.807, 2.05) is 0 Å². The summed E-state index contributed by atoms with van der Waals surface area (Å²) in [5.74, 6) is -0.351. The standard InChI is InChI=1S/C11H14O3S/c1-8(7-13-2)14-11(12)9-4-3-5-10(15)6-9/h3-6,8,15H,7H2,1-2H3. The molecule has 0 saturated carbocycles. The number of ether oxygens (including phenoxy) is 2. The van der Waals surface area contributed by atoms with Gasteiger partial charge in [0.15, 0.2) is 0 Å². The molecule has 15 heavy (non-hydrogen) atoms. The fourth-order valence-corrected chi connectivity index (χ4v) is 1.38. The number of hydrogen-bond acceptors (Lipinski definition) is 4. The fraction of sp³-hybridized carbons (Fsp3) is 0.364. The van der Waals surface area contributed by atoms with Gasteiger partial charge in [0.1, 0.15) is 6.10 Å². The van der Waals surface area contributed by atoms with E-state index in [1.165, 1.54) is 0 Å². The molecule has 0 saturated heterocycles. The number of benzene rings is 1. The van der Waals surface area contributed by atoms with Gasteiger partial charge in [-0.2, -0.15) is 0 Å². The maximum atomic E-state index is 11.6. The van der Waals surface area contributed by atoms with Gasteiger partial charge in [-0.1, -0.05) is 6.07 Å². The Balaban J connectivity index is 2.61. The van der Waals surface area contributed by atoms with Gasteiger partial charge in [0, 0.05) is 12.0 Å². The van der Waals surface area contributed by atoms with Gasteiger partial charge in [-0.3, -0.25) is 0 Å². The predicted molar refractivity (Wildman–Crippen MR) is 60.4 cm³/mol. The highest BCUT2D eigenvalue weighted by Gasteiger charge is 2.11. The minimum absolute atomic E-state index is 0.244. The lowest BCUT2D eigenvalue weighted by atomic mass is 10.2. The lowest BCUT2D eigenvalue weighted by molar-refractivity contribution is 0.0120. The molecule has 0 aliphatic carbocycles. The van der Waals surface area contributed by atoms with E-state index in [2.05, 4.69) is 12.6 Å². The van der Waals surface area contributed by atoms with E-state index in [-0.39, 0.29) is 12.1 Å². The molecule has 3 nitrogen and oxygen atoms in total. The van der Waals surface area contributed by atoms with Crippen LogP contribution in [0.1, 0.15) is 17.3 Å². The minimum Gasteiger partial charge on any atom is -0.457 e. The van der Waals surface area contributed by atoms with Gasteiger partial charge in [-0.15, -0.1) is 12.6 Å². The van der Waals surface area contributed by atoms with E-state index in [1.54, 1.807) is 38.3 Å². The molecule has 0 bridgehead atoms. The van der Waals surface area contributed by atoms with Gasteiger partial charge in [0.2, 0.25) is 0 Å². The molecular weight excluding hydrogens is 212 g/mol. The highest BCUT2D eigenvalue weighted by atomic mass is 32.1. The van der Waals surface area contributed by atoms with Crippen LogP contribution in [0.25, 0.3) is 0 Å². The molecule has 0 amide bonds. The second-order valence-electron chi connectivity index (χ2n) is 3.22. The van der Waals surface area contributed by atoms with Crippen molar-refractivity contribution in [2.45, 2.75) is 17.9 Å². The van der Waals surface area contributed by atoms with Crippen LogP contribution in [-0.4, -0.2) is 25.8 Å². The quantitative estimate of drug-likeness (QED) is 0.631. The molecule has 1 atom stereocenters. The molecule has 1 unspecified atom stereocenters. The van der Waals surface area contributed by atoms with Crippen molar-refractivity contribution in [3.05, 3.63) is 29.8 Å². The topological polar surface area (TPSA) is 35.5 Å². The summed E-state index contributed by atoms with van der Waals surface area (Å²) in [5.41, 5.74) is 0.505. The Kier molecular flexibility index (Phi) is 4.65. The van der Waals surface area contributed by atoms with Gasteiger partial charge in [0.25, 0.3) is 0 Å². The molecule has 1 aromatic carbocycles. The van der Waals surface area contributed by atoms with E-state index in [9.17, 15) is 4.79 Å². The third kappa shape index (κ3) is 3.93. The van der Waals surface area contributed by atoms with Crippen LogP contribution in [0, 0.1) is 0 Å². The van der Waals surface area contributed by atoms with Crippen molar-refractivity contribution >= 4 is 18.6 Å². The van der Waals surface area contributed by atoms with Crippen LogP contribution in [0.3, 0.4) is 0 Å². The van der Waals surface area contributed by atoms with E-state index >= 15 is 0 Å². The van der Waals surface area contributed by atoms with Crippen molar-refractivity contribution < 1.29 is 14.3 Å². The van der Waals surface area contributed by atoms with Gasteiger partial charge < -0.3 is 9.47 Å². The van der Waals surface area contributed by atoms with Crippen LogP contribution in [0.5, 0.6) is 0 Å². The fourth-order valence-electron chi connectivity index (χ4n) is 1.15. The number of esters is 1. The summed E-state index contributed by atoms with van der Waals surface area (Å²) in [6, 6.07) is 6.94. The molecule has 0 aromatic heterocycles. The normalized spacial score (nSPS) is 12.2. The third-order valence-electron chi connectivity index (χ3n) is 1.79. The zero-order chi connectivity index (χ0) is 11.3. The zero-order valence-corrected chi connectivity index (χ0v) is 9.66. The average Bonchev–Trinajstić information content (AvgIpc) is 2.18. The lowest BCUT2D eigenvalue weighted by Gasteiger charge is -2.11. The van der Waals surface area contributed by atoms with E-state index in [0.29, 0.717) is 12.2 Å². The summed E-state index contributed by atoms with van der Waals surface area (Å²) >= 11 is 4.15. The number of carbonyl (C=O) groups excluding carboxylic acids is 1. The van der Waals surface area contributed by atoms with Gasteiger partial charge in [-0.25, -0.2) is 4.79 Å². The van der Waals surface area contributed by atoms with Crippen LogP contribution in [0.15, 0.2) is 29.2 Å². The molecule has 0 N–H and O–H groups in total. The maximum Gasteiger partial charge on any atom is 0.338 e. The monoisotopic (exact) mass is 226 g/mol. The molecule has 0 fully saturated rings. The molecule has 0 heterocycles. The first-order valence-corrected chi connectivity index (χ1v) is 5.07. The predicted octanol–water partition coefficient (Wildman–Crippen LogP) is 2.17. The molecule has 4 heteroatoms. The SMILES string of the molecule is COCC(C)OC(=O)c1cccc(S)c1. The first-order chi connectivity index (χ1) is 7.13. The highest BCUT2D eigenvalue weighted by Crippen LogP contribution is 2.10. The molecule has 82 valence electrons. The average molecular weight is 226 g/mol. The van der Waals surface area contributed by atoms with E-state index in [4.69, 9.17) is 9.47 Å². The van der Waals surface area contributed by atoms with Gasteiger partial charge in [0.05, 0.1) is 12.2 Å². The van der Waals surface area contributed by atoms with Crippen molar-refractivity contribution in [2.75, 3.05) is 13.7 Å². The Bertz CT molecular complexity index is 338. The van der Waals surface area contributed by atoms with Crippen molar-refractivity contribution in [3.8, 4) is 0 Å². The largest absolute Gasteiger partial charge is 0.457 e. The minimum atomic E-state index is -0.351. The number of methoxy groups -OCH3 is 1. The summed E-state index contributed by atoms with van der Waals surface area (Å²) in [6.07, 6.45) is -0.244. The van der Waals surface area contributed by atoms with Crippen molar-refractivity contribution in [1.29, 1.82) is 0 Å². The summed E-state index contributed by atoms with van der Waals surface area (Å²) in [5, 5.41) is 0. The summed E-state index contributed by atoms with van der Waals surface area (Å²) in [6.45, 7) is 2.18. The Labute approximate surface area is 94.8 Å². The second kappa shape index (κ2) is 5.78. The molecule has 0 aliphatic rings. The highest BCUT2D eigenvalue weighted by molar-refractivity contribution is 7.80. The number of rotatable bonds is 4. The molecule has 1 aromatic rings. The van der Waals surface area contributed by atoms with Gasteiger partial charge >= 0.3 is 5.97 Å². The van der Waals surface area contributed by atoms with Crippen LogP contribution in [0.2, 0.25) is 0 Å². The maximum absolute atomic E-state index is 11.6. The number of thiol groups is 1. The molecule has 0 radical (unpaired) electrons. The smallest absolute Gasteiger partial charge is 0.338 e. The number of hydrogen-bond donors (Lipinski definition) is 1. The Morgan fingerprint density at radius 2 is 2.27 bits per heavy atom. The first kappa shape index (κ1) is 12.1. The Morgan fingerprint density at radius 3 is 2.87 bits per heavy atom. The molecule has 0 aliphatic heterocycles. The molecule has 1 rings (SSSR count). The lowest BCUT2D eigenvalue weighted by Crippen LogP contribution is -2.19. The van der Waals surface area contributed by atoms with E-state index < -0.39 is 0 Å². The van der Waals surface area contributed by atoms with Crippen molar-refractivity contribution in [2.24, 2.45) is 0 Å². The van der Waals surface area contributed by atoms with Crippen molar-refractivity contribution in [3.63, 3.8) is 0 Å². The second-order valence-corrected chi connectivity index (χ2v) is 3.74. The third-order valence-corrected chi connectivity index (χ3v) is 2.07.